The number of aromatic nitrogens is 1. The number of nitrogens with zero attached hydrogens (tertiary/aromatic N) is 6. The van der Waals surface area contributed by atoms with Crippen molar-refractivity contribution in [2.24, 2.45) is 10.1 Å². The van der Waals surface area contributed by atoms with Crippen molar-refractivity contribution in [2.45, 2.75) is 38.8 Å². The Balaban J connectivity index is 1.43. The molecule has 31 heavy (non-hydrogen) atoms. The third kappa shape index (κ3) is 3.61. The molecule has 1 fully saturated rings. The van der Waals surface area contributed by atoms with Crippen LogP contribution in [0.2, 0.25) is 0 Å². The van der Waals surface area contributed by atoms with Crippen molar-refractivity contribution in [1.29, 1.82) is 0 Å². The van der Waals surface area contributed by atoms with E-state index >= 15 is 4.39 Å². The van der Waals surface area contributed by atoms with Gasteiger partial charge in [-0.3, -0.25) is 9.98 Å². The molecule has 5 rings (SSSR count). The van der Waals surface area contributed by atoms with Gasteiger partial charge in [0.25, 0.3) is 0 Å². The zero-order valence-electron chi connectivity index (χ0n) is 18.4. The van der Waals surface area contributed by atoms with E-state index in [2.05, 4.69) is 47.7 Å². The van der Waals surface area contributed by atoms with Crippen molar-refractivity contribution in [3.05, 3.63) is 54.0 Å². The number of halogens is 1. The zero-order valence-corrected chi connectivity index (χ0v) is 18.4. The molecule has 3 atom stereocenters. The van der Waals surface area contributed by atoms with Crippen molar-refractivity contribution < 1.29 is 4.39 Å². The van der Waals surface area contributed by atoms with Crippen LogP contribution < -0.4 is 0 Å². The molecule has 162 valence electrons. The van der Waals surface area contributed by atoms with E-state index in [-0.39, 0.29) is 23.8 Å². The first-order chi connectivity index (χ1) is 15.0. The molecule has 0 amide bonds. The molecular formula is C24H29FN6. The maximum Gasteiger partial charge on any atom is 0.149 e. The van der Waals surface area contributed by atoms with Crippen LogP contribution in [-0.4, -0.2) is 76.3 Å². The second-order valence-electron chi connectivity index (χ2n) is 8.63. The van der Waals surface area contributed by atoms with Gasteiger partial charge in [-0.05, 0) is 43.3 Å². The monoisotopic (exact) mass is 420 g/mol. The standard InChI is InChI=1S/C24H29FN6/c1-4-29-10-12-30(13-11-29)23-8-7-22-27-17(3)24(31(22)28-23)16(2)19-14-18-6-5-9-26-21(18)15-20(19)25/h5-9,14-17,24H,4,10-13H2,1-3H3. The number of amidine groups is 2. The van der Waals surface area contributed by atoms with E-state index in [0.29, 0.717) is 11.1 Å². The molecule has 1 aromatic heterocycles. The number of hydrogen-bond donors (Lipinski definition) is 0. The summed E-state index contributed by atoms with van der Waals surface area (Å²) < 4.78 is 15.1. The molecule has 7 heteroatoms. The van der Waals surface area contributed by atoms with Gasteiger partial charge in [-0.1, -0.05) is 19.9 Å². The van der Waals surface area contributed by atoms with Crippen molar-refractivity contribution >= 4 is 22.6 Å². The fraction of sp³-hybridized carbons (Fsp3) is 0.458. The van der Waals surface area contributed by atoms with Gasteiger partial charge in [-0.2, -0.15) is 5.10 Å². The maximum atomic E-state index is 15.1. The molecule has 0 radical (unpaired) electrons. The Bertz CT molecular complexity index is 1070. The Morgan fingerprint density at radius 3 is 2.68 bits per heavy atom. The second-order valence-corrected chi connectivity index (χ2v) is 8.63. The summed E-state index contributed by atoms with van der Waals surface area (Å²) in [6.45, 7) is 11.5. The third-order valence-corrected chi connectivity index (χ3v) is 6.81. The SMILES string of the molecule is CCN1CCN(C2=NN3C(=NC(C)C3C(C)c3cc4cccnc4cc3F)C=C2)CC1. The Hall–Kier alpha value is -2.80. The van der Waals surface area contributed by atoms with E-state index in [1.54, 1.807) is 12.3 Å². The highest BCUT2D eigenvalue weighted by molar-refractivity contribution is 6.06. The van der Waals surface area contributed by atoms with Gasteiger partial charge in [0.1, 0.15) is 17.5 Å². The second kappa shape index (κ2) is 8.04. The molecule has 0 aliphatic carbocycles. The van der Waals surface area contributed by atoms with Gasteiger partial charge in [0, 0.05) is 49.7 Å². The lowest BCUT2D eigenvalue weighted by atomic mass is 9.88. The quantitative estimate of drug-likeness (QED) is 0.763. The van der Waals surface area contributed by atoms with Crippen LogP contribution >= 0.6 is 0 Å². The number of rotatable bonds is 3. The largest absolute Gasteiger partial charge is 0.353 e. The van der Waals surface area contributed by atoms with Gasteiger partial charge >= 0.3 is 0 Å². The number of hydrogen-bond acceptors (Lipinski definition) is 6. The molecule has 0 bridgehead atoms. The lowest BCUT2D eigenvalue weighted by Gasteiger charge is -2.38. The van der Waals surface area contributed by atoms with Crippen LogP contribution in [0.25, 0.3) is 10.9 Å². The highest BCUT2D eigenvalue weighted by Crippen LogP contribution is 2.35. The normalized spacial score (nSPS) is 24.9. The smallest absolute Gasteiger partial charge is 0.149 e. The van der Waals surface area contributed by atoms with Crippen LogP contribution in [0, 0.1) is 5.82 Å². The lowest BCUT2D eigenvalue weighted by Crippen LogP contribution is -2.50. The van der Waals surface area contributed by atoms with Crippen molar-refractivity contribution in [1.82, 2.24) is 19.8 Å². The van der Waals surface area contributed by atoms with Crippen LogP contribution in [0.3, 0.4) is 0 Å². The fourth-order valence-electron chi connectivity index (χ4n) is 4.97. The minimum atomic E-state index is -0.216. The van der Waals surface area contributed by atoms with Gasteiger partial charge in [0.2, 0.25) is 0 Å². The summed E-state index contributed by atoms with van der Waals surface area (Å²) in [4.78, 5) is 13.9. The topological polar surface area (TPSA) is 47.3 Å². The summed E-state index contributed by atoms with van der Waals surface area (Å²) in [6.07, 6.45) is 5.82. The van der Waals surface area contributed by atoms with Gasteiger partial charge in [0.15, 0.2) is 0 Å². The Kier molecular flexibility index (Phi) is 5.22. The summed E-state index contributed by atoms with van der Waals surface area (Å²) in [6, 6.07) is 7.34. The highest BCUT2D eigenvalue weighted by Gasteiger charge is 2.40. The van der Waals surface area contributed by atoms with E-state index in [4.69, 9.17) is 10.1 Å². The number of fused-ring (bicyclic) bond motifs is 2. The van der Waals surface area contributed by atoms with Crippen molar-refractivity contribution in [3.63, 3.8) is 0 Å². The first-order valence-electron chi connectivity index (χ1n) is 11.2. The summed E-state index contributed by atoms with van der Waals surface area (Å²) in [7, 11) is 0. The summed E-state index contributed by atoms with van der Waals surface area (Å²) in [5, 5.41) is 7.96. The molecule has 1 saturated heterocycles. The van der Waals surface area contributed by atoms with Crippen molar-refractivity contribution in [2.75, 3.05) is 32.7 Å². The predicted octanol–water partition coefficient (Wildman–Crippen LogP) is 3.47. The number of pyridine rings is 1. The number of likely N-dealkylation sites (N-methyl/N-ethyl adjacent to an activating group) is 1. The molecule has 2 aromatic rings. The van der Waals surface area contributed by atoms with Gasteiger partial charge in [0.05, 0.1) is 17.6 Å². The van der Waals surface area contributed by atoms with Crippen molar-refractivity contribution in [3.8, 4) is 0 Å². The average molecular weight is 421 g/mol. The number of benzene rings is 1. The first kappa shape index (κ1) is 20.1. The number of piperazine rings is 1. The number of hydrazone groups is 1. The summed E-state index contributed by atoms with van der Waals surface area (Å²) >= 11 is 0. The van der Waals surface area contributed by atoms with E-state index in [9.17, 15) is 0 Å². The first-order valence-corrected chi connectivity index (χ1v) is 11.2. The van der Waals surface area contributed by atoms with E-state index in [1.807, 2.05) is 23.2 Å². The molecule has 0 N–H and O–H groups in total. The maximum absolute atomic E-state index is 15.1. The van der Waals surface area contributed by atoms with Crippen LogP contribution in [0.15, 0.2) is 52.7 Å². The molecule has 1 aromatic carbocycles. The predicted molar refractivity (Wildman–Crippen MR) is 123 cm³/mol. The summed E-state index contributed by atoms with van der Waals surface area (Å²) in [5.74, 6) is 1.55. The highest BCUT2D eigenvalue weighted by atomic mass is 19.1. The van der Waals surface area contributed by atoms with Crippen LogP contribution in [-0.2, 0) is 0 Å². The van der Waals surface area contributed by atoms with Gasteiger partial charge < -0.3 is 9.80 Å². The Morgan fingerprint density at radius 1 is 1.13 bits per heavy atom. The number of aliphatic imine (C=N–C) groups is 1. The van der Waals surface area contributed by atoms with Crippen LogP contribution in [0.4, 0.5) is 4.39 Å². The molecule has 3 unspecified atom stereocenters. The zero-order chi connectivity index (χ0) is 21.5. The van der Waals surface area contributed by atoms with E-state index < -0.39 is 0 Å². The molecule has 0 saturated carbocycles. The summed E-state index contributed by atoms with van der Waals surface area (Å²) in [5.41, 5.74) is 1.37. The lowest BCUT2D eigenvalue weighted by molar-refractivity contribution is 0.186. The molecule has 3 aliphatic heterocycles. The van der Waals surface area contributed by atoms with Crippen LogP contribution in [0.1, 0.15) is 32.3 Å². The Labute approximate surface area is 182 Å². The Morgan fingerprint density at radius 2 is 1.90 bits per heavy atom. The van der Waals surface area contributed by atoms with E-state index in [0.717, 1.165) is 49.8 Å². The molecule has 0 spiro atoms. The van der Waals surface area contributed by atoms with Crippen LogP contribution in [0.5, 0.6) is 0 Å². The van der Waals surface area contributed by atoms with E-state index in [1.165, 1.54) is 0 Å². The molecule has 6 nitrogen and oxygen atoms in total. The minimum absolute atomic E-state index is 0.0266. The fourth-order valence-corrected chi connectivity index (χ4v) is 4.97. The third-order valence-electron chi connectivity index (χ3n) is 6.81. The molecule has 3 aliphatic rings. The molecular weight excluding hydrogens is 391 g/mol. The van der Waals surface area contributed by atoms with Gasteiger partial charge in [-0.25, -0.2) is 9.40 Å². The van der Waals surface area contributed by atoms with Gasteiger partial charge in [-0.15, -0.1) is 0 Å². The molecule has 4 heterocycles. The minimum Gasteiger partial charge on any atom is -0.353 e. The average Bonchev–Trinajstić information content (AvgIpc) is 3.13.